The smallest absolute Gasteiger partial charge is 0.302 e. The van der Waals surface area contributed by atoms with Crippen molar-refractivity contribution in [3.63, 3.8) is 0 Å². The Labute approximate surface area is 150 Å². The minimum Gasteiger partial charge on any atom is -0.497 e. The Hall–Kier alpha value is -2.55. The number of carbonyl (C=O) groups excluding carboxylic acids is 1. The fourth-order valence-electron chi connectivity index (χ4n) is 2.96. The molecule has 0 aromatic heterocycles. The maximum absolute atomic E-state index is 10.9. The summed E-state index contributed by atoms with van der Waals surface area (Å²) in [6.07, 6.45) is 1.92. The molecule has 0 spiro atoms. The van der Waals surface area contributed by atoms with Crippen molar-refractivity contribution in [3.8, 4) is 5.75 Å². The van der Waals surface area contributed by atoms with E-state index >= 15 is 0 Å². The molecule has 0 aliphatic carbocycles. The van der Waals surface area contributed by atoms with Gasteiger partial charge in [-0.3, -0.25) is 4.79 Å². The van der Waals surface area contributed by atoms with Crippen molar-refractivity contribution < 1.29 is 14.3 Å². The summed E-state index contributed by atoms with van der Waals surface area (Å²) < 4.78 is 10.3. The highest BCUT2D eigenvalue weighted by atomic mass is 16.5. The van der Waals surface area contributed by atoms with Crippen molar-refractivity contribution in [2.75, 3.05) is 7.11 Å². The van der Waals surface area contributed by atoms with Gasteiger partial charge in [-0.2, -0.15) is 0 Å². The molecule has 0 N–H and O–H groups in total. The maximum Gasteiger partial charge on any atom is 0.302 e. The molecule has 0 saturated heterocycles. The Morgan fingerprint density at radius 2 is 1.32 bits per heavy atom. The summed E-state index contributed by atoms with van der Waals surface area (Å²) in [5, 5.41) is 0. The van der Waals surface area contributed by atoms with Crippen LogP contribution in [0.4, 0.5) is 0 Å². The van der Waals surface area contributed by atoms with Gasteiger partial charge in [0.05, 0.1) is 7.11 Å². The molecule has 0 unspecified atom stereocenters. The lowest BCUT2D eigenvalue weighted by atomic mass is 9.91. The average molecular weight is 338 g/mol. The van der Waals surface area contributed by atoms with E-state index < -0.39 is 0 Å². The van der Waals surface area contributed by atoms with Crippen LogP contribution in [0.2, 0.25) is 0 Å². The maximum atomic E-state index is 10.9. The molecular formula is C22H26O3. The van der Waals surface area contributed by atoms with E-state index in [9.17, 15) is 4.79 Å². The molecule has 0 amide bonds. The van der Waals surface area contributed by atoms with Crippen LogP contribution in [0.15, 0.2) is 48.5 Å². The van der Waals surface area contributed by atoms with Gasteiger partial charge >= 0.3 is 5.97 Å². The lowest BCUT2D eigenvalue weighted by molar-refractivity contribution is -0.142. The number of rotatable bonds is 7. The van der Waals surface area contributed by atoms with Crippen LogP contribution in [0.25, 0.3) is 11.1 Å². The van der Waals surface area contributed by atoms with E-state index in [1.54, 1.807) is 7.11 Å². The minimum atomic E-state index is -0.258. The normalized spacial score (nSPS) is 11.7. The summed E-state index contributed by atoms with van der Waals surface area (Å²) in [6, 6.07) is 16.5. The Bertz CT molecular complexity index is 725. The zero-order chi connectivity index (χ0) is 18.2. The fraction of sp³-hybridized carbons (Fsp3) is 0.318. The third-order valence-corrected chi connectivity index (χ3v) is 4.25. The topological polar surface area (TPSA) is 35.5 Å². The number of benzene rings is 2. The van der Waals surface area contributed by atoms with E-state index in [2.05, 4.69) is 38.1 Å². The minimum absolute atomic E-state index is 0.258. The van der Waals surface area contributed by atoms with Crippen LogP contribution >= 0.6 is 0 Å². The number of ether oxygens (including phenoxy) is 2. The highest BCUT2D eigenvalue weighted by Crippen LogP contribution is 2.32. The van der Waals surface area contributed by atoms with E-state index in [-0.39, 0.29) is 5.97 Å². The molecule has 25 heavy (non-hydrogen) atoms. The van der Waals surface area contributed by atoms with Crippen LogP contribution < -0.4 is 4.74 Å². The molecule has 3 heteroatoms. The van der Waals surface area contributed by atoms with Crippen LogP contribution in [-0.2, 0) is 16.1 Å². The molecule has 0 radical (unpaired) electrons. The molecule has 0 saturated carbocycles. The average Bonchev–Trinajstić information content (AvgIpc) is 2.65. The van der Waals surface area contributed by atoms with Crippen molar-refractivity contribution >= 4 is 17.1 Å². The van der Waals surface area contributed by atoms with Gasteiger partial charge in [-0.1, -0.05) is 50.2 Å². The number of hydrogen-bond donors (Lipinski definition) is 0. The Morgan fingerprint density at radius 1 is 0.840 bits per heavy atom. The van der Waals surface area contributed by atoms with Crippen LogP contribution in [-0.4, -0.2) is 13.1 Å². The highest BCUT2D eigenvalue weighted by molar-refractivity contribution is 5.90. The predicted molar refractivity (Wildman–Crippen MR) is 102 cm³/mol. The van der Waals surface area contributed by atoms with Gasteiger partial charge in [-0.05, 0) is 52.8 Å². The molecule has 2 rings (SSSR count). The summed E-state index contributed by atoms with van der Waals surface area (Å²) in [4.78, 5) is 10.9. The molecular weight excluding hydrogens is 312 g/mol. The van der Waals surface area contributed by atoms with Gasteiger partial charge < -0.3 is 9.47 Å². The monoisotopic (exact) mass is 338 g/mol. The van der Waals surface area contributed by atoms with Gasteiger partial charge in [0.1, 0.15) is 12.4 Å². The second-order valence-electron chi connectivity index (χ2n) is 5.87. The SMILES string of the molecule is CC/C(=C(/CC)c1ccc(OC)cc1)c1ccc(COC(C)=O)cc1. The quantitative estimate of drug-likeness (QED) is 0.495. The first-order chi connectivity index (χ1) is 12.1. The Kier molecular flexibility index (Phi) is 6.81. The number of esters is 1. The van der Waals surface area contributed by atoms with Crippen molar-refractivity contribution in [1.29, 1.82) is 0 Å². The second-order valence-corrected chi connectivity index (χ2v) is 5.87. The molecule has 0 aliphatic rings. The first-order valence-electron chi connectivity index (χ1n) is 8.68. The van der Waals surface area contributed by atoms with E-state index in [1.165, 1.54) is 29.2 Å². The summed E-state index contributed by atoms with van der Waals surface area (Å²) in [5.74, 6) is 0.609. The summed E-state index contributed by atoms with van der Waals surface area (Å²) in [5.41, 5.74) is 6.12. The molecule has 0 bridgehead atoms. The molecule has 0 fully saturated rings. The van der Waals surface area contributed by atoms with Gasteiger partial charge in [-0.25, -0.2) is 0 Å². The summed E-state index contributed by atoms with van der Waals surface area (Å²) >= 11 is 0. The molecule has 2 aromatic carbocycles. The van der Waals surface area contributed by atoms with Crippen LogP contribution in [0.3, 0.4) is 0 Å². The van der Waals surface area contributed by atoms with Gasteiger partial charge in [0, 0.05) is 6.92 Å². The zero-order valence-electron chi connectivity index (χ0n) is 15.5. The molecule has 0 atom stereocenters. The summed E-state index contributed by atoms with van der Waals surface area (Å²) in [7, 11) is 1.68. The largest absolute Gasteiger partial charge is 0.497 e. The number of allylic oxidation sites excluding steroid dienone is 2. The van der Waals surface area contributed by atoms with Crippen LogP contribution in [0.1, 0.15) is 50.3 Å². The first-order valence-corrected chi connectivity index (χ1v) is 8.68. The number of carbonyl (C=O) groups is 1. The molecule has 3 nitrogen and oxygen atoms in total. The third kappa shape index (κ3) is 4.96. The number of methoxy groups -OCH3 is 1. The van der Waals surface area contributed by atoms with E-state index in [0.717, 1.165) is 24.2 Å². The van der Waals surface area contributed by atoms with Gasteiger partial charge in [0.25, 0.3) is 0 Å². The zero-order valence-corrected chi connectivity index (χ0v) is 15.5. The standard InChI is InChI=1S/C22H26O3/c1-5-21(18-9-7-17(8-10-18)15-25-16(3)23)22(6-2)19-11-13-20(24-4)14-12-19/h7-14H,5-6,15H2,1-4H3/b22-21+. The van der Waals surface area contributed by atoms with Crippen molar-refractivity contribution in [1.82, 2.24) is 0 Å². The molecule has 0 aliphatic heterocycles. The Morgan fingerprint density at radius 3 is 1.72 bits per heavy atom. The first kappa shape index (κ1) is 18.8. The summed E-state index contributed by atoms with van der Waals surface area (Å²) in [6.45, 7) is 6.11. The van der Waals surface area contributed by atoms with Gasteiger partial charge in [0.2, 0.25) is 0 Å². The van der Waals surface area contributed by atoms with Crippen molar-refractivity contribution in [2.24, 2.45) is 0 Å². The highest BCUT2D eigenvalue weighted by Gasteiger charge is 2.09. The van der Waals surface area contributed by atoms with Gasteiger partial charge in [-0.15, -0.1) is 0 Å². The third-order valence-electron chi connectivity index (χ3n) is 4.25. The fourth-order valence-corrected chi connectivity index (χ4v) is 2.96. The van der Waals surface area contributed by atoms with E-state index in [0.29, 0.717) is 6.61 Å². The predicted octanol–water partition coefficient (Wildman–Crippen LogP) is 5.49. The number of hydrogen-bond acceptors (Lipinski definition) is 3. The lowest BCUT2D eigenvalue weighted by Gasteiger charge is -2.15. The van der Waals surface area contributed by atoms with Crippen LogP contribution in [0.5, 0.6) is 5.75 Å². The van der Waals surface area contributed by atoms with Crippen molar-refractivity contribution in [3.05, 3.63) is 65.2 Å². The van der Waals surface area contributed by atoms with Crippen LogP contribution in [0, 0.1) is 0 Å². The van der Waals surface area contributed by atoms with E-state index in [1.807, 2.05) is 24.3 Å². The van der Waals surface area contributed by atoms with Crippen molar-refractivity contribution in [2.45, 2.75) is 40.2 Å². The molecule has 2 aromatic rings. The molecule has 132 valence electrons. The Balaban J connectivity index is 2.33. The molecule has 0 heterocycles. The lowest BCUT2D eigenvalue weighted by Crippen LogP contribution is -1.99. The second kappa shape index (κ2) is 9.07. The van der Waals surface area contributed by atoms with Gasteiger partial charge in [0.15, 0.2) is 0 Å². The van der Waals surface area contributed by atoms with E-state index in [4.69, 9.17) is 9.47 Å².